The summed E-state index contributed by atoms with van der Waals surface area (Å²) in [6, 6.07) is 21.1. The highest BCUT2D eigenvalue weighted by Gasteiger charge is 2.41. The Morgan fingerprint density at radius 3 is 1.65 bits per heavy atom. The van der Waals surface area contributed by atoms with Gasteiger partial charge in [-0.3, -0.25) is 0 Å². The number of anilines is 2. The Hall–Kier alpha value is -1.57. The molecule has 0 spiro atoms. The first-order valence-corrected chi connectivity index (χ1v) is 10.7. The van der Waals surface area contributed by atoms with Crippen molar-refractivity contribution in [3.63, 3.8) is 0 Å². The molecule has 1 fully saturated rings. The van der Waals surface area contributed by atoms with Crippen LogP contribution in [0.2, 0.25) is 0 Å². The fraction of sp³-hybridized carbons (Fsp3) is 0.263. The molecule has 0 bridgehead atoms. The monoisotopic (exact) mass is 342 g/mol. The molecule has 1 heterocycles. The van der Waals surface area contributed by atoms with E-state index in [1.165, 1.54) is 16.7 Å². The molecule has 23 heavy (non-hydrogen) atoms. The lowest BCUT2D eigenvalue weighted by atomic mass is 10.2. The highest BCUT2D eigenvalue weighted by molar-refractivity contribution is 8.18. The zero-order chi connectivity index (χ0) is 16.4. The van der Waals surface area contributed by atoms with Crippen molar-refractivity contribution in [3.8, 4) is 0 Å². The number of rotatable bonds is 4. The lowest BCUT2D eigenvalue weighted by Gasteiger charge is -2.39. The second kappa shape index (κ2) is 6.51. The maximum absolute atomic E-state index is 6.34. The largest absolute Gasteiger partial charge is 0.323 e. The van der Waals surface area contributed by atoms with Crippen LogP contribution >= 0.6 is 6.34 Å². The van der Waals surface area contributed by atoms with E-state index in [4.69, 9.17) is 11.8 Å². The lowest BCUT2D eigenvalue weighted by Crippen LogP contribution is -2.21. The van der Waals surface area contributed by atoms with E-state index in [1.54, 1.807) is 0 Å². The molecule has 3 rings (SSSR count). The molecule has 0 saturated carbocycles. The van der Waals surface area contributed by atoms with E-state index in [9.17, 15) is 0 Å². The number of allylic oxidation sites excluding steroid dienone is 1. The predicted octanol–water partition coefficient (Wildman–Crippen LogP) is 5.49. The zero-order valence-corrected chi connectivity index (χ0v) is 15.4. The molecule has 120 valence electrons. The van der Waals surface area contributed by atoms with Crippen molar-refractivity contribution < 1.29 is 0 Å². The van der Waals surface area contributed by atoms with E-state index in [0.717, 1.165) is 13.1 Å². The molecular formula is C19H23N2PS. The molecule has 0 aliphatic carbocycles. The minimum atomic E-state index is -2.08. The summed E-state index contributed by atoms with van der Waals surface area (Å²) >= 11 is 6.34. The van der Waals surface area contributed by atoms with Crippen molar-refractivity contribution >= 4 is 29.5 Å². The van der Waals surface area contributed by atoms with E-state index < -0.39 is 6.34 Å². The van der Waals surface area contributed by atoms with Gasteiger partial charge in [0.2, 0.25) is 0 Å². The molecule has 0 unspecified atom stereocenters. The molecule has 4 heteroatoms. The molecule has 1 saturated heterocycles. The van der Waals surface area contributed by atoms with Crippen molar-refractivity contribution in [2.24, 2.45) is 5.92 Å². The molecule has 1 aliphatic heterocycles. The fourth-order valence-electron chi connectivity index (χ4n) is 3.01. The summed E-state index contributed by atoms with van der Waals surface area (Å²) in [7, 11) is 0. The maximum Gasteiger partial charge on any atom is 0.149 e. The zero-order valence-electron chi connectivity index (χ0n) is 13.7. The Bertz CT molecular complexity index is 676. The maximum atomic E-state index is 6.34. The van der Waals surface area contributed by atoms with Gasteiger partial charge < -0.3 is 9.34 Å². The van der Waals surface area contributed by atoms with Gasteiger partial charge in [0.1, 0.15) is 6.34 Å². The Labute approximate surface area is 144 Å². The molecule has 0 aromatic heterocycles. The molecule has 0 radical (unpaired) electrons. The van der Waals surface area contributed by atoms with Crippen molar-refractivity contribution in [2.75, 3.05) is 22.4 Å². The van der Waals surface area contributed by atoms with E-state index in [0.29, 0.717) is 5.92 Å². The first-order chi connectivity index (χ1) is 11.0. The number of nitrogens with zero attached hydrogens (tertiary/aromatic N) is 2. The number of para-hydroxylation sites is 2. The molecule has 1 aliphatic rings. The van der Waals surface area contributed by atoms with Crippen LogP contribution in [-0.4, -0.2) is 13.1 Å². The number of benzene rings is 2. The Balaban J connectivity index is 2.09. The second-order valence-corrected chi connectivity index (χ2v) is 10.3. The first-order valence-electron chi connectivity index (χ1n) is 8.00. The Kier molecular flexibility index (Phi) is 4.61. The van der Waals surface area contributed by atoms with Crippen LogP contribution in [0, 0.1) is 5.92 Å². The minimum absolute atomic E-state index is 0.372. The topological polar surface area (TPSA) is 6.48 Å². The Morgan fingerprint density at radius 2 is 1.30 bits per heavy atom. The van der Waals surface area contributed by atoms with Gasteiger partial charge in [0.15, 0.2) is 0 Å². The van der Waals surface area contributed by atoms with Crippen LogP contribution in [0.5, 0.6) is 0 Å². The molecule has 0 atom stereocenters. The van der Waals surface area contributed by atoms with Crippen LogP contribution in [0.3, 0.4) is 0 Å². The van der Waals surface area contributed by atoms with Crippen LogP contribution in [0.25, 0.3) is 0 Å². The second-order valence-electron chi connectivity index (χ2n) is 6.11. The van der Waals surface area contributed by atoms with Gasteiger partial charge in [-0.1, -0.05) is 56.8 Å². The summed E-state index contributed by atoms with van der Waals surface area (Å²) < 4.78 is 4.83. The van der Waals surface area contributed by atoms with E-state index in [2.05, 4.69) is 90.4 Å². The molecule has 0 amide bonds. The van der Waals surface area contributed by atoms with E-state index in [-0.39, 0.29) is 0 Å². The summed E-state index contributed by atoms with van der Waals surface area (Å²) in [6.07, 6.45) is -2.08. The average Bonchev–Trinajstić information content (AvgIpc) is 2.94. The van der Waals surface area contributed by atoms with E-state index >= 15 is 0 Å². The summed E-state index contributed by atoms with van der Waals surface area (Å²) in [5.41, 5.74) is 2.41. The van der Waals surface area contributed by atoms with Crippen LogP contribution in [0.15, 0.2) is 72.6 Å². The summed E-state index contributed by atoms with van der Waals surface area (Å²) in [6.45, 7) is 10.7. The third-order valence-electron chi connectivity index (χ3n) is 4.33. The molecule has 0 N–H and O–H groups in total. The van der Waals surface area contributed by atoms with Crippen LogP contribution in [0.4, 0.5) is 11.4 Å². The third-order valence-corrected chi connectivity index (χ3v) is 9.65. The van der Waals surface area contributed by atoms with Crippen molar-refractivity contribution in [1.29, 1.82) is 0 Å². The lowest BCUT2D eigenvalue weighted by molar-refractivity contribution is 0.814. The van der Waals surface area contributed by atoms with Gasteiger partial charge in [-0.05, 0) is 47.3 Å². The van der Waals surface area contributed by atoms with Gasteiger partial charge >= 0.3 is 0 Å². The fourth-order valence-corrected chi connectivity index (χ4v) is 7.86. The quantitative estimate of drug-likeness (QED) is 0.678. The van der Waals surface area contributed by atoms with Crippen molar-refractivity contribution in [3.05, 3.63) is 72.6 Å². The molecule has 2 aromatic carbocycles. The van der Waals surface area contributed by atoms with Gasteiger partial charge in [0.05, 0.1) is 0 Å². The van der Waals surface area contributed by atoms with Gasteiger partial charge in [0, 0.05) is 24.5 Å². The minimum Gasteiger partial charge on any atom is -0.323 e. The number of hydrogen-bond acceptors (Lipinski definition) is 1. The van der Waals surface area contributed by atoms with Crippen LogP contribution in [-0.2, 0) is 11.8 Å². The summed E-state index contributed by atoms with van der Waals surface area (Å²) in [5.74, 6) is 0.372. The summed E-state index contributed by atoms with van der Waals surface area (Å²) in [5, 5.41) is 1.18. The van der Waals surface area contributed by atoms with Crippen molar-refractivity contribution in [1.82, 2.24) is 0 Å². The normalized spacial score (nSPS) is 16.8. The Morgan fingerprint density at radius 1 is 0.913 bits per heavy atom. The van der Waals surface area contributed by atoms with Gasteiger partial charge in [-0.15, -0.1) is 0 Å². The van der Waals surface area contributed by atoms with Crippen LogP contribution in [0.1, 0.15) is 13.8 Å². The first kappa shape index (κ1) is 16.3. The number of hydrogen-bond donors (Lipinski definition) is 0. The average molecular weight is 342 g/mol. The predicted molar refractivity (Wildman–Crippen MR) is 106 cm³/mol. The summed E-state index contributed by atoms with van der Waals surface area (Å²) in [4.78, 5) is 0. The molecule has 2 aromatic rings. The van der Waals surface area contributed by atoms with Gasteiger partial charge in [-0.2, -0.15) is 0 Å². The molecular weight excluding hydrogens is 319 g/mol. The molecule has 2 nitrogen and oxygen atoms in total. The smallest absolute Gasteiger partial charge is 0.149 e. The highest BCUT2D eigenvalue weighted by atomic mass is 32.4. The third kappa shape index (κ3) is 2.84. The standard InChI is InChI=1S/C19H23N2PS/c1-16(2)17(3)22(23)20(18-10-6-4-7-11-18)14-15-21(22)19-12-8-5-9-13-19/h4-13,16H,3,14-15H2,1-2H3. The van der Waals surface area contributed by atoms with Crippen molar-refractivity contribution in [2.45, 2.75) is 13.8 Å². The van der Waals surface area contributed by atoms with Gasteiger partial charge in [-0.25, -0.2) is 0 Å². The SMILES string of the molecule is C=C(C(C)C)P1(=S)N(c2ccccc2)CCN1c1ccccc1. The van der Waals surface area contributed by atoms with Gasteiger partial charge in [0.25, 0.3) is 0 Å². The highest BCUT2D eigenvalue weighted by Crippen LogP contribution is 2.66. The van der Waals surface area contributed by atoms with Crippen LogP contribution < -0.4 is 9.34 Å². The van der Waals surface area contributed by atoms with E-state index in [1.807, 2.05) is 0 Å².